The van der Waals surface area contributed by atoms with Crippen molar-refractivity contribution in [1.82, 2.24) is 10.2 Å². The molecular weight excluding hydrogens is 276 g/mol. The highest BCUT2D eigenvalue weighted by atomic mass is 32.1. The molecular formula is C14H16N2O3S. The number of nitrogens with zero attached hydrogens (tertiary/aromatic N) is 1. The maximum Gasteiger partial charge on any atom is 0.258 e. The molecule has 106 valence electrons. The lowest BCUT2D eigenvalue weighted by Gasteiger charge is -2.35. The molecule has 1 aromatic rings. The summed E-state index contributed by atoms with van der Waals surface area (Å²) in [5, 5.41) is 24.7. The summed E-state index contributed by atoms with van der Waals surface area (Å²) >= 11 is 5.18. The number of carbonyl (C=O) groups excluding carboxylic acids is 1. The normalized spacial score (nSPS) is 31.6. The number of benzene rings is 1. The fourth-order valence-electron chi connectivity index (χ4n) is 2.96. The maximum absolute atomic E-state index is 12.6. The van der Waals surface area contributed by atoms with Gasteiger partial charge in [0.2, 0.25) is 11.5 Å². The monoisotopic (exact) mass is 292 g/mol. The van der Waals surface area contributed by atoms with Crippen molar-refractivity contribution in [3.8, 4) is 0 Å². The number of thiocarbonyl (C=S) groups is 1. The standard InChI is InChI=1S/C14H16N2O3S/c1-8(2)7-16-12(20)15-13(18)10-6-4-3-5-9(10)11(17)14(13,16)19/h3-6,8,18-19H,7H2,1-2H3,(H,15,20)/t13-,14+/m1/s1. The third-order valence-electron chi connectivity index (χ3n) is 3.85. The SMILES string of the molecule is CC(C)CN1C(=S)N[C@@]2(O)c3ccccc3C(=O)[C@@]12O. The summed E-state index contributed by atoms with van der Waals surface area (Å²) < 4.78 is 0. The minimum Gasteiger partial charge on any atom is -0.363 e. The molecule has 1 heterocycles. The molecule has 5 nitrogen and oxygen atoms in total. The first kappa shape index (κ1) is 13.5. The van der Waals surface area contributed by atoms with Crippen molar-refractivity contribution in [2.75, 3.05) is 6.54 Å². The van der Waals surface area contributed by atoms with Crippen LogP contribution < -0.4 is 5.32 Å². The van der Waals surface area contributed by atoms with E-state index in [1.165, 1.54) is 4.90 Å². The molecule has 1 aromatic carbocycles. The quantitative estimate of drug-likeness (QED) is 0.692. The van der Waals surface area contributed by atoms with Gasteiger partial charge in [0, 0.05) is 17.7 Å². The number of fused-ring (bicyclic) bond motifs is 3. The van der Waals surface area contributed by atoms with E-state index in [0.29, 0.717) is 17.7 Å². The summed E-state index contributed by atoms with van der Waals surface area (Å²) in [7, 11) is 0. The zero-order valence-corrected chi connectivity index (χ0v) is 12.1. The Labute approximate surface area is 122 Å². The molecule has 1 aliphatic heterocycles. The highest BCUT2D eigenvalue weighted by Gasteiger charge is 2.71. The first-order valence-corrected chi connectivity index (χ1v) is 6.92. The molecule has 1 aliphatic carbocycles. The van der Waals surface area contributed by atoms with Crippen molar-refractivity contribution in [3.63, 3.8) is 0 Å². The van der Waals surface area contributed by atoms with Crippen LogP contribution in [0.5, 0.6) is 0 Å². The molecule has 1 saturated heterocycles. The van der Waals surface area contributed by atoms with E-state index >= 15 is 0 Å². The van der Waals surface area contributed by atoms with Gasteiger partial charge in [-0.25, -0.2) is 0 Å². The number of hydrogen-bond acceptors (Lipinski definition) is 4. The van der Waals surface area contributed by atoms with E-state index in [9.17, 15) is 15.0 Å². The lowest BCUT2D eigenvalue weighted by molar-refractivity contribution is -0.165. The molecule has 0 bridgehead atoms. The van der Waals surface area contributed by atoms with Gasteiger partial charge in [-0.1, -0.05) is 38.1 Å². The van der Waals surface area contributed by atoms with Crippen LogP contribution >= 0.6 is 12.2 Å². The van der Waals surface area contributed by atoms with Crippen LogP contribution in [0.4, 0.5) is 0 Å². The van der Waals surface area contributed by atoms with Gasteiger partial charge >= 0.3 is 0 Å². The summed E-state index contributed by atoms with van der Waals surface area (Å²) in [5.74, 6) is -0.346. The summed E-state index contributed by atoms with van der Waals surface area (Å²) in [6, 6.07) is 6.64. The van der Waals surface area contributed by atoms with Gasteiger partial charge in [-0.3, -0.25) is 4.79 Å². The van der Waals surface area contributed by atoms with E-state index < -0.39 is 17.2 Å². The van der Waals surface area contributed by atoms with Crippen molar-refractivity contribution in [3.05, 3.63) is 35.4 Å². The predicted octanol–water partition coefficient (Wildman–Crippen LogP) is 0.563. The van der Waals surface area contributed by atoms with Gasteiger partial charge in [-0.2, -0.15) is 0 Å². The summed E-state index contributed by atoms with van der Waals surface area (Å²) in [5.41, 5.74) is -3.27. The van der Waals surface area contributed by atoms with E-state index in [0.717, 1.165) is 0 Å². The molecule has 3 rings (SSSR count). The smallest absolute Gasteiger partial charge is 0.258 e. The number of hydrogen-bond donors (Lipinski definition) is 3. The molecule has 0 unspecified atom stereocenters. The van der Waals surface area contributed by atoms with Crippen molar-refractivity contribution >= 4 is 23.1 Å². The maximum atomic E-state index is 12.6. The number of aliphatic hydroxyl groups is 2. The molecule has 2 atom stereocenters. The number of carbonyl (C=O) groups is 1. The Kier molecular flexibility index (Phi) is 2.70. The van der Waals surface area contributed by atoms with E-state index in [2.05, 4.69) is 5.32 Å². The summed E-state index contributed by atoms with van der Waals surface area (Å²) in [4.78, 5) is 14.0. The molecule has 6 heteroatoms. The Morgan fingerprint density at radius 1 is 1.35 bits per heavy atom. The second-order valence-electron chi connectivity index (χ2n) is 5.69. The Morgan fingerprint density at radius 2 is 2.00 bits per heavy atom. The van der Waals surface area contributed by atoms with Crippen LogP contribution in [0.25, 0.3) is 0 Å². The Balaban J connectivity index is 2.18. The molecule has 1 fully saturated rings. The fourth-order valence-corrected chi connectivity index (χ4v) is 3.31. The largest absolute Gasteiger partial charge is 0.363 e. The predicted molar refractivity (Wildman–Crippen MR) is 76.9 cm³/mol. The van der Waals surface area contributed by atoms with Gasteiger partial charge in [0.05, 0.1) is 0 Å². The van der Waals surface area contributed by atoms with E-state index in [1.807, 2.05) is 13.8 Å². The summed E-state index contributed by atoms with van der Waals surface area (Å²) in [6.45, 7) is 4.29. The van der Waals surface area contributed by atoms with Crippen molar-refractivity contribution < 1.29 is 15.0 Å². The van der Waals surface area contributed by atoms with E-state index in [1.54, 1.807) is 24.3 Å². The minimum absolute atomic E-state index is 0.178. The fraction of sp³-hybridized carbons (Fsp3) is 0.429. The number of ketones is 1. The Bertz CT molecular complexity index is 618. The number of Topliss-reactive ketones (excluding diaryl/α,β-unsaturated/α-hetero) is 1. The average Bonchev–Trinajstić information content (AvgIpc) is 2.69. The average molecular weight is 292 g/mol. The highest BCUT2D eigenvalue weighted by Crippen LogP contribution is 2.48. The third kappa shape index (κ3) is 1.38. The van der Waals surface area contributed by atoms with Crippen LogP contribution in [0.3, 0.4) is 0 Å². The minimum atomic E-state index is -2.07. The highest BCUT2D eigenvalue weighted by molar-refractivity contribution is 7.80. The Hall–Kier alpha value is -1.50. The lowest BCUT2D eigenvalue weighted by Crippen LogP contribution is -2.60. The summed E-state index contributed by atoms with van der Waals surface area (Å²) in [6.07, 6.45) is 0. The van der Waals surface area contributed by atoms with Crippen molar-refractivity contribution in [2.24, 2.45) is 5.92 Å². The lowest BCUT2D eigenvalue weighted by atomic mass is 9.99. The zero-order chi connectivity index (χ0) is 14.7. The van der Waals surface area contributed by atoms with Crippen molar-refractivity contribution in [1.29, 1.82) is 0 Å². The molecule has 0 saturated carbocycles. The van der Waals surface area contributed by atoms with E-state index in [4.69, 9.17) is 12.2 Å². The van der Waals surface area contributed by atoms with Gasteiger partial charge in [0.1, 0.15) is 0 Å². The van der Waals surface area contributed by atoms with Crippen molar-refractivity contribution in [2.45, 2.75) is 25.3 Å². The number of nitrogens with one attached hydrogen (secondary N) is 1. The first-order chi connectivity index (χ1) is 9.32. The molecule has 0 aromatic heterocycles. The second kappa shape index (κ2) is 4.00. The molecule has 0 spiro atoms. The van der Waals surface area contributed by atoms with Gasteiger partial charge in [-0.15, -0.1) is 0 Å². The van der Waals surface area contributed by atoms with Crippen LogP contribution in [0.2, 0.25) is 0 Å². The first-order valence-electron chi connectivity index (χ1n) is 6.51. The molecule has 0 amide bonds. The Morgan fingerprint density at radius 3 is 2.65 bits per heavy atom. The van der Waals surface area contributed by atoms with Gasteiger partial charge < -0.3 is 20.4 Å². The van der Waals surface area contributed by atoms with Crippen LogP contribution in [-0.4, -0.2) is 38.3 Å². The van der Waals surface area contributed by atoms with Crippen LogP contribution in [0.15, 0.2) is 24.3 Å². The van der Waals surface area contributed by atoms with Gasteiger partial charge in [0.25, 0.3) is 5.72 Å². The molecule has 3 N–H and O–H groups in total. The zero-order valence-electron chi connectivity index (χ0n) is 11.3. The van der Waals surface area contributed by atoms with Crippen LogP contribution in [-0.2, 0) is 5.72 Å². The second-order valence-corrected chi connectivity index (χ2v) is 6.08. The van der Waals surface area contributed by atoms with Gasteiger partial charge in [0.15, 0.2) is 5.11 Å². The van der Waals surface area contributed by atoms with Crippen LogP contribution in [0, 0.1) is 5.92 Å². The molecule has 0 radical (unpaired) electrons. The number of rotatable bonds is 2. The molecule has 2 aliphatic rings. The van der Waals surface area contributed by atoms with E-state index in [-0.39, 0.29) is 11.0 Å². The topological polar surface area (TPSA) is 72.8 Å². The van der Waals surface area contributed by atoms with Gasteiger partial charge in [-0.05, 0) is 18.1 Å². The third-order valence-corrected chi connectivity index (χ3v) is 4.18. The van der Waals surface area contributed by atoms with Crippen LogP contribution in [0.1, 0.15) is 29.8 Å². The molecule has 20 heavy (non-hydrogen) atoms.